The Balaban J connectivity index is 2.11. The fraction of sp³-hybridized carbons (Fsp3) is 0.692. The molecule has 0 spiro atoms. The normalized spacial score (nSPS) is 24.5. The van der Waals surface area contributed by atoms with E-state index in [2.05, 4.69) is 4.72 Å². The van der Waals surface area contributed by atoms with Gasteiger partial charge >= 0.3 is 0 Å². The maximum atomic E-state index is 12.3. The van der Waals surface area contributed by atoms with Crippen molar-refractivity contribution in [1.82, 2.24) is 4.72 Å². The summed E-state index contributed by atoms with van der Waals surface area (Å²) in [6.07, 6.45) is 5.02. The Hall–Kier alpha value is -0.430. The van der Waals surface area contributed by atoms with Gasteiger partial charge in [0.1, 0.15) is 4.21 Å². The molecule has 2 unspecified atom stereocenters. The average Bonchev–Trinajstić information content (AvgIpc) is 2.88. The van der Waals surface area contributed by atoms with E-state index in [4.69, 9.17) is 5.73 Å². The molecule has 108 valence electrons. The highest BCUT2D eigenvalue weighted by Crippen LogP contribution is 2.27. The van der Waals surface area contributed by atoms with E-state index < -0.39 is 10.0 Å². The molecule has 0 radical (unpaired) electrons. The molecule has 0 aromatic carbocycles. The quantitative estimate of drug-likeness (QED) is 0.875. The summed E-state index contributed by atoms with van der Waals surface area (Å²) in [5, 5.41) is 0. The zero-order valence-electron chi connectivity index (χ0n) is 11.3. The van der Waals surface area contributed by atoms with E-state index >= 15 is 0 Å². The van der Waals surface area contributed by atoms with Gasteiger partial charge in [0, 0.05) is 10.9 Å². The Labute approximate surface area is 119 Å². The summed E-state index contributed by atoms with van der Waals surface area (Å²) in [5.74, 6) is 0.272. The number of thiophene rings is 1. The van der Waals surface area contributed by atoms with E-state index in [1.807, 2.05) is 13.0 Å². The molecule has 19 heavy (non-hydrogen) atoms. The Morgan fingerprint density at radius 2 is 2.11 bits per heavy atom. The van der Waals surface area contributed by atoms with Gasteiger partial charge < -0.3 is 5.73 Å². The standard InChI is InChI=1S/C13H22N2O2S2/c1-2-11-7-8-13(18-11)19(16,17)15-12-6-4-3-5-10(12)9-14/h7-8,10,12,15H,2-6,9,14H2,1H3. The lowest BCUT2D eigenvalue weighted by molar-refractivity contribution is 0.296. The van der Waals surface area contributed by atoms with Gasteiger partial charge in [-0.15, -0.1) is 11.3 Å². The van der Waals surface area contributed by atoms with E-state index in [9.17, 15) is 8.42 Å². The van der Waals surface area contributed by atoms with E-state index in [1.54, 1.807) is 6.07 Å². The lowest BCUT2D eigenvalue weighted by Crippen LogP contribution is -2.44. The summed E-state index contributed by atoms with van der Waals surface area (Å²) >= 11 is 1.36. The van der Waals surface area contributed by atoms with Crippen LogP contribution in [0.15, 0.2) is 16.3 Å². The van der Waals surface area contributed by atoms with Crippen LogP contribution in [0.2, 0.25) is 0 Å². The van der Waals surface area contributed by atoms with Crippen LogP contribution in [0.5, 0.6) is 0 Å². The molecule has 1 aromatic rings. The van der Waals surface area contributed by atoms with Crippen LogP contribution < -0.4 is 10.5 Å². The molecule has 1 aliphatic rings. The first-order chi connectivity index (χ1) is 9.06. The highest BCUT2D eigenvalue weighted by molar-refractivity contribution is 7.91. The van der Waals surface area contributed by atoms with E-state index in [1.165, 1.54) is 11.3 Å². The number of rotatable bonds is 5. The van der Waals surface area contributed by atoms with Crippen molar-refractivity contribution in [2.75, 3.05) is 6.54 Å². The molecule has 1 fully saturated rings. The van der Waals surface area contributed by atoms with Crippen LogP contribution in [0.25, 0.3) is 0 Å². The molecule has 6 heteroatoms. The van der Waals surface area contributed by atoms with Crippen molar-refractivity contribution in [1.29, 1.82) is 0 Å². The minimum atomic E-state index is -3.38. The maximum absolute atomic E-state index is 12.3. The summed E-state index contributed by atoms with van der Waals surface area (Å²) in [6, 6.07) is 3.59. The number of nitrogens with two attached hydrogens (primary N) is 1. The van der Waals surface area contributed by atoms with E-state index in [0.29, 0.717) is 10.8 Å². The molecule has 1 saturated carbocycles. The minimum absolute atomic E-state index is 0.00377. The monoisotopic (exact) mass is 302 g/mol. The molecule has 0 amide bonds. The first kappa shape index (κ1) is 15.0. The van der Waals surface area contributed by atoms with Crippen molar-refractivity contribution in [2.24, 2.45) is 11.7 Å². The van der Waals surface area contributed by atoms with Crippen LogP contribution >= 0.6 is 11.3 Å². The molecule has 1 aliphatic carbocycles. The smallest absolute Gasteiger partial charge is 0.250 e. The second-order valence-corrected chi connectivity index (χ2v) is 8.19. The molecule has 3 N–H and O–H groups in total. The van der Waals surface area contributed by atoms with Crippen molar-refractivity contribution in [3.8, 4) is 0 Å². The fourth-order valence-electron chi connectivity index (χ4n) is 2.59. The summed E-state index contributed by atoms with van der Waals surface area (Å²) < 4.78 is 28.0. The molecule has 1 heterocycles. The van der Waals surface area contributed by atoms with Crippen molar-refractivity contribution < 1.29 is 8.42 Å². The van der Waals surface area contributed by atoms with Crippen LogP contribution in [0.1, 0.15) is 37.5 Å². The summed E-state index contributed by atoms with van der Waals surface area (Å²) in [6.45, 7) is 2.58. The zero-order chi connectivity index (χ0) is 13.9. The second kappa shape index (κ2) is 6.35. The third-order valence-electron chi connectivity index (χ3n) is 3.77. The second-order valence-electron chi connectivity index (χ2n) is 5.08. The van der Waals surface area contributed by atoms with Crippen LogP contribution in [0.4, 0.5) is 0 Å². The summed E-state index contributed by atoms with van der Waals surface area (Å²) in [7, 11) is -3.38. The zero-order valence-corrected chi connectivity index (χ0v) is 12.9. The molecule has 2 rings (SSSR count). The van der Waals surface area contributed by atoms with Gasteiger partial charge in [-0.05, 0) is 43.9 Å². The van der Waals surface area contributed by atoms with Gasteiger partial charge in [0.25, 0.3) is 0 Å². The molecular weight excluding hydrogens is 280 g/mol. The summed E-state index contributed by atoms with van der Waals surface area (Å²) in [5.41, 5.74) is 5.74. The Bertz CT molecular complexity index is 510. The lowest BCUT2D eigenvalue weighted by atomic mass is 9.85. The van der Waals surface area contributed by atoms with Crippen molar-refractivity contribution in [3.63, 3.8) is 0 Å². The number of hydrogen-bond donors (Lipinski definition) is 2. The highest BCUT2D eigenvalue weighted by atomic mass is 32.2. The van der Waals surface area contributed by atoms with Crippen molar-refractivity contribution in [3.05, 3.63) is 17.0 Å². The third kappa shape index (κ3) is 3.56. The molecule has 0 aliphatic heterocycles. The van der Waals surface area contributed by atoms with Crippen LogP contribution in [-0.2, 0) is 16.4 Å². The van der Waals surface area contributed by atoms with Gasteiger partial charge in [-0.25, -0.2) is 13.1 Å². The van der Waals surface area contributed by atoms with Crippen molar-refractivity contribution in [2.45, 2.75) is 49.3 Å². The molecule has 1 aromatic heterocycles. The van der Waals surface area contributed by atoms with E-state index in [0.717, 1.165) is 37.0 Å². The molecule has 0 bridgehead atoms. The lowest BCUT2D eigenvalue weighted by Gasteiger charge is -2.30. The number of nitrogens with one attached hydrogen (secondary N) is 1. The Morgan fingerprint density at radius 3 is 2.74 bits per heavy atom. The molecule has 4 nitrogen and oxygen atoms in total. The Morgan fingerprint density at radius 1 is 1.37 bits per heavy atom. The number of hydrogen-bond acceptors (Lipinski definition) is 4. The fourth-order valence-corrected chi connectivity index (χ4v) is 5.25. The molecular formula is C13H22N2O2S2. The summed E-state index contributed by atoms with van der Waals surface area (Å²) in [4.78, 5) is 1.10. The van der Waals surface area contributed by atoms with Crippen LogP contribution in [-0.4, -0.2) is 21.0 Å². The SMILES string of the molecule is CCc1ccc(S(=O)(=O)NC2CCCCC2CN)s1. The van der Waals surface area contributed by atoms with Gasteiger partial charge in [-0.3, -0.25) is 0 Å². The van der Waals surface area contributed by atoms with Crippen LogP contribution in [0, 0.1) is 5.92 Å². The predicted molar refractivity (Wildman–Crippen MR) is 78.8 cm³/mol. The Kier molecular flexibility index (Phi) is 5.00. The van der Waals surface area contributed by atoms with Gasteiger partial charge in [0.2, 0.25) is 10.0 Å². The highest BCUT2D eigenvalue weighted by Gasteiger charge is 2.29. The van der Waals surface area contributed by atoms with Gasteiger partial charge in [0.05, 0.1) is 0 Å². The van der Waals surface area contributed by atoms with Crippen LogP contribution in [0.3, 0.4) is 0 Å². The van der Waals surface area contributed by atoms with Gasteiger partial charge in [0.15, 0.2) is 0 Å². The predicted octanol–water partition coefficient (Wildman–Crippen LogP) is 2.11. The molecule has 0 saturated heterocycles. The topological polar surface area (TPSA) is 72.2 Å². The van der Waals surface area contributed by atoms with E-state index in [-0.39, 0.29) is 12.0 Å². The average molecular weight is 302 g/mol. The third-order valence-corrected chi connectivity index (χ3v) is 6.98. The first-order valence-corrected chi connectivity index (χ1v) is 9.18. The number of sulfonamides is 1. The van der Waals surface area contributed by atoms with Gasteiger partial charge in [-0.1, -0.05) is 19.8 Å². The number of aryl methyl sites for hydroxylation is 1. The first-order valence-electron chi connectivity index (χ1n) is 6.88. The van der Waals surface area contributed by atoms with Crippen molar-refractivity contribution >= 4 is 21.4 Å². The maximum Gasteiger partial charge on any atom is 0.250 e. The minimum Gasteiger partial charge on any atom is -0.330 e. The largest absolute Gasteiger partial charge is 0.330 e. The molecule has 2 atom stereocenters. The van der Waals surface area contributed by atoms with Gasteiger partial charge in [-0.2, -0.15) is 0 Å².